The molecule has 37 heavy (non-hydrogen) atoms. The molecule has 3 aromatic heterocycles. The molecule has 8 N–H and O–H groups in total. The van der Waals surface area contributed by atoms with Crippen molar-refractivity contribution in [2.45, 2.75) is 0 Å². The Morgan fingerprint density at radius 3 is 1.73 bits per heavy atom. The van der Waals surface area contributed by atoms with Gasteiger partial charge < -0.3 is 48.2 Å². The molecule has 0 aliphatic carbocycles. The molecule has 0 aliphatic heterocycles. The van der Waals surface area contributed by atoms with Gasteiger partial charge in [-0.1, -0.05) is 12.1 Å². The van der Waals surface area contributed by atoms with Crippen molar-refractivity contribution in [2.75, 3.05) is 0 Å². The normalized spacial score (nSPS) is 9.30. The molecule has 0 saturated heterocycles. The molecule has 0 aliphatic rings. The third-order valence-electron chi connectivity index (χ3n) is 4.66. The smallest absolute Gasteiger partial charge is 1.00 e. The van der Waals surface area contributed by atoms with Gasteiger partial charge in [0.15, 0.2) is 5.76 Å². The Labute approximate surface area is 229 Å². The van der Waals surface area contributed by atoms with E-state index in [1.807, 2.05) is 36.4 Å². The molecule has 12 heteroatoms. The number of phenols is 3. The summed E-state index contributed by atoms with van der Waals surface area (Å²) in [6, 6.07) is 19.4. The first kappa shape index (κ1) is 33.0. The number of benzene rings is 2. The van der Waals surface area contributed by atoms with Crippen LogP contribution >= 0.6 is 0 Å². The fourth-order valence-corrected chi connectivity index (χ4v) is 3.11. The third-order valence-corrected chi connectivity index (χ3v) is 4.66. The molecule has 3 heterocycles. The van der Waals surface area contributed by atoms with E-state index in [-0.39, 0.29) is 71.1 Å². The number of pyridine rings is 2. The van der Waals surface area contributed by atoms with Crippen molar-refractivity contribution in [3.8, 4) is 45.7 Å². The van der Waals surface area contributed by atoms with Gasteiger partial charge in [0.1, 0.15) is 28.2 Å². The molecule has 0 amide bonds. The van der Waals surface area contributed by atoms with Gasteiger partial charge in [0.05, 0.1) is 11.4 Å². The van der Waals surface area contributed by atoms with E-state index in [1.54, 1.807) is 12.4 Å². The van der Waals surface area contributed by atoms with E-state index in [1.165, 1.54) is 30.3 Å². The Morgan fingerprint density at radius 1 is 0.703 bits per heavy atom. The van der Waals surface area contributed by atoms with Gasteiger partial charge in [0.2, 0.25) is 11.2 Å². The number of nitrogens with zero attached hydrogens (tertiary/aromatic N) is 2. The summed E-state index contributed by atoms with van der Waals surface area (Å²) in [4.78, 5) is 20.5. The number of aromatic hydroxyl groups is 4. The Bertz CT molecular complexity index is 1430. The molecule has 0 fully saturated rings. The molecule has 5 rings (SSSR count). The van der Waals surface area contributed by atoms with Crippen LogP contribution in [0.1, 0.15) is 0 Å². The Kier molecular flexibility index (Phi) is 12.9. The van der Waals surface area contributed by atoms with Gasteiger partial charge >= 0.3 is 19.5 Å². The minimum Gasteiger partial charge on any atom is -1.00 e. The number of hydrogen-bond acceptors (Lipinski definition) is 8. The van der Waals surface area contributed by atoms with Gasteiger partial charge in [0.25, 0.3) is 0 Å². The third kappa shape index (κ3) is 7.48. The molecule has 188 valence electrons. The molecular weight excluding hydrogens is 557 g/mol. The monoisotopic (exact) mass is 577 g/mol. The van der Waals surface area contributed by atoms with Crippen LogP contribution in [0.25, 0.3) is 33.7 Å². The van der Waals surface area contributed by atoms with Crippen molar-refractivity contribution in [1.29, 1.82) is 0 Å². The fourth-order valence-electron chi connectivity index (χ4n) is 3.11. The Balaban J connectivity index is 0.000000705. The quantitative estimate of drug-likeness (QED) is 0.206. The number of halogens is 1. The summed E-state index contributed by atoms with van der Waals surface area (Å²) in [6.45, 7) is 0. The predicted molar refractivity (Wildman–Crippen MR) is 129 cm³/mol. The molecule has 0 unspecified atom stereocenters. The van der Waals surface area contributed by atoms with Crippen molar-refractivity contribution in [3.63, 3.8) is 0 Å². The average molecular weight is 579 g/mol. The van der Waals surface area contributed by atoms with Crippen LogP contribution in [-0.4, -0.2) is 41.3 Å². The zero-order valence-electron chi connectivity index (χ0n) is 19.2. The van der Waals surface area contributed by atoms with Crippen molar-refractivity contribution in [3.05, 3.63) is 95.4 Å². The van der Waals surface area contributed by atoms with Crippen molar-refractivity contribution >= 4 is 11.0 Å². The van der Waals surface area contributed by atoms with E-state index in [0.717, 1.165) is 17.5 Å². The molecule has 0 spiro atoms. The SMILES string of the molecule is O.O.O=c1c(O)c(-c2ccc(O)cc2)oc2cc(O)cc(O)c12.[Cl-].[Zn+2].c1ccc(-c2ccccn2)nc1. The number of rotatable bonds is 2. The van der Waals surface area contributed by atoms with E-state index in [4.69, 9.17) is 4.42 Å². The molecule has 5 aromatic rings. The van der Waals surface area contributed by atoms with E-state index >= 15 is 0 Å². The fraction of sp³-hybridized carbons (Fsp3) is 0. The number of phenolic OH excluding ortho intramolecular Hbond substituents is 3. The van der Waals surface area contributed by atoms with Crippen molar-refractivity contribution < 1.29 is 67.7 Å². The first-order valence-corrected chi connectivity index (χ1v) is 9.77. The van der Waals surface area contributed by atoms with Crippen molar-refractivity contribution in [1.82, 2.24) is 9.97 Å². The van der Waals surface area contributed by atoms with Gasteiger partial charge in [-0.05, 0) is 48.5 Å². The van der Waals surface area contributed by atoms with Crippen LogP contribution in [0, 0.1) is 0 Å². The van der Waals surface area contributed by atoms with Gasteiger partial charge in [0, 0.05) is 30.1 Å². The zero-order chi connectivity index (χ0) is 23.4. The summed E-state index contributed by atoms with van der Waals surface area (Å²) < 4.78 is 5.41. The number of aromatic nitrogens is 2. The molecule has 0 bridgehead atoms. The standard InChI is InChI=1S/C15H10O6.C10H8N2.ClH.2H2O.Zn/c16-8-3-1-7(2-4-8)15-14(20)13(19)12-10(18)5-9(17)6-11(12)21-15;1-3-7-11-9(5-1)10-6-2-4-8-12-10;;;;/h1-6,16-18,20H;1-8H;1H;2*1H2;/q;;;;;+2/p-1. The van der Waals surface area contributed by atoms with Gasteiger partial charge in [-0.25, -0.2) is 0 Å². The first-order chi connectivity index (χ1) is 15.9. The van der Waals surface area contributed by atoms with Crippen LogP contribution < -0.4 is 17.8 Å². The van der Waals surface area contributed by atoms with Crippen LogP contribution in [0.2, 0.25) is 0 Å². The summed E-state index contributed by atoms with van der Waals surface area (Å²) in [6.07, 6.45) is 3.54. The van der Waals surface area contributed by atoms with Crippen molar-refractivity contribution in [2.24, 2.45) is 0 Å². The summed E-state index contributed by atoms with van der Waals surface area (Å²) in [5.41, 5.74) is 1.33. The number of fused-ring (bicyclic) bond motifs is 1. The van der Waals surface area contributed by atoms with Crippen LogP contribution in [0.4, 0.5) is 0 Å². The largest absolute Gasteiger partial charge is 2.00 e. The van der Waals surface area contributed by atoms with Gasteiger partial charge in [-0.3, -0.25) is 14.8 Å². The summed E-state index contributed by atoms with van der Waals surface area (Å²) in [5, 5.41) is 38.1. The molecule has 10 nitrogen and oxygen atoms in total. The zero-order valence-corrected chi connectivity index (χ0v) is 22.9. The van der Waals surface area contributed by atoms with Gasteiger partial charge in [-0.2, -0.15) is 0 Å². The minimum atomic E-state index is -0.808. The van der Waals surface area contributed by atoms with Crippen LogP contribution in [-0.2, 0) is 19.5 Å². The Hall–Kier alpha value is -4.02. The summed E-state index contributed by atoms with van der Waals surface area (Å²) >= 11 is 0. The molecule has 0 saturated carbocycles. The predicted octanol–water partition coefficient (Wildman–Crippen LogP) is -0.222. The topological polar surface area (TPSA) is 200 Å². The van der Waals surface area contributed by atoms with E-state index in [9.17, 15) is 25.2 Å². The second-order valence-corrected chi connectivity index (χ2v) is 6.92. The van der Waals surface area contributed by atoms with Crippen LogP contribution in [0.5, 0.6) is 23.0 Å². The maximum absolute atomic E-state index is 12.1. The van der Waals surface area contributed by atoms with Crippen LogP contribution in [0.3, 0.4) is 0 Å². The second-order valence-electron chi connectivity index (χ2n) is 6.92. The number of hydrogen-bond donors (Lipinski definition) is 4. The van der Waals surface area contributed by atoms with E-state index in [0.29, 0.717) is 5.56 Å². The second kappa shape index (κ2) is 14.5. The average Bonchev–Trinajstić information content (AvgIpc) is 2.83. The molecule has 2 aromatic carbocycles. The van der Waals surface area contributed by atoms with E-state index < -0.39 is 16.9 Å². The van der Waals surface area contributed by atoms with Gasteiger partial charge in [-0.15, -0.1) is 0 Å². The minimum absolute atomic E-state index is 0. The maximum Gasteiger partial charge on any atom is 2.00 e. The first-order valence-electron chi connectivity index (χ1n) is 9.77. The van der Waals surface area contributed by atoms with Crippen LogP contribution in [0.15, 0.2) is 94.4 Å². The summed E-state index contributed by atoms with van der Waals surface area (Å²) in [5.74, 6) is -1.50. The molecule has 0 atom stereocenters. The molecule has 0 radical (unpaired) electrons. The summed E-state index contributed by atoms with van der Waals surface area (Å²) in [7, 11) is 0. The van der Waals surface area contributed by atoms with E-state index in [2.05, 4.69) is 9.97 Å². The Morgan fingerprint density at radius 2 is 1.24 bits per heavy atom. The molecular formula is C25H22ClN2O8Zn+. The maximum atomic E-state index is 12.1.